The van der Waals surface area contributed by atoms with Crippen LogP contribution in [0.15, 0.2) is 30.6 Å². The lowest BCUT2D eigenvalue weighted by molar-refractivity contribution is 0.304. The largest absolute Gasteiger partial charge is 0.486 e. The van der Waals surface area contributed by atoms with E-state index in [0.29, 0.717) is 17.4 Å². The molecule has 0 fully saturated rings. The highest BCUT2D eigenvalue weighted by Gasteiger charge is 2.06. The van der Waals surface area contributed by atoms with Gasteiger partial charge in [0.05, 0.1) is 12.4 Å². The van der Waals surface area contributed by atoms with Gasteiger partial charge in [0, 0.05) is 10.6 Å². The summed E-state index contributed by atoms with van der Waals surface area (Å²) in [6.07, 6.45) is 3.08. The lowest BCUT2D eigenvalue weighted by Crippen LogP contribution is -2.04. The minimum Gasteiger partial charge on any atom is -0.486 e. The zero-order chi connectivity index (χ0) is 13.8. The summed E-state index contributed by atoms with van der Waals surface area (Å²) in [7, 11) is -0.150. The molecule has 0 amide bonds. The van der Waals surface area contributed by atoms with Crippen molar-refractivity contribution >= 4 is 36.4 Å². The second-order valence-corrected chi connectivity index (χ2v) is 7.20. The molecular formula is C13H13Cl2N2OP. The molecule has 0 saturated heterocycles. The Morgan fingerprint density at radius 3 is 2.47 bits per heavy atom. The Morgan fingerprint density at radius 1 is 1.16 bits per heavy atom. The minimum atomic E-state index is -0.150. The number of hydrogen-bond donors (Lipinski definition) is 0. The molecule has 0 aliphatic carbocycles. The molecule has 0 unspecified atom stereocenters. The fraction of sp³-hybridized carbons (Fsp3) is 0.231. The van der Waals surface area contributed by atoms with Crippen LogP contribution in [0, 0.1) is 0 Å². The molecule has 0 N–H and O–H groups in total. The van der Waals surface area contributed by atoms with Gasteiger partial charge in [-0.2, -0.15) is 0 Å². The minimum absolute atomic E-state index is 0.150. The van der Waals surface area contributed by atoms with Gasteiger partial charge in [-0.15, -0.1) is 0 Å². The highest BCUT2D eigenvalue weighted by atomic mass is 35.5. The van der Waals surface area contributed by atoms with Crippen LogP contribution >= 0.6 is 31.1 Å². The van der Waals surface area contributed by atoms with Gasteiger partial charge in [-0.05, 0) is 42.4 Å². The van der Waals surface area contributed by atoms with Gasteiger partial charge in [-0.25, -0.2) is 9.97 Å². The van der Waals surface area contributed by atoms with Crippen molar-refractivity contribution in [3.05, 3.63) is 46.5 Å². The molecule has 0 atom stereocenters. The predicted molar refractivity (Wildman–Crippen MR) is 81.2 cm³/mol. The van der Waals surface area contributed by atoms with Gasteiger partial charge in [0.1, 0.15) is 6.61 Å². The average Bonchev–Trinajstić information content (AvgIpc) is 2.39. The third-order valence-electron chi connectivity index (χ3n) is 2.54. The SMILES string of the molecule is CP(C)c1ccc(Cl)c(COc2cnc(Cl)nc2)c1. The molecule has 6 heteroatoms. The number of rotatable bonds is 4. The molecule has 0 aliphatic rings. The van der Waals surface area contributed by atoms with Crippen LogP contribution in [-0.4, -0.2) is 23.3 Å². The fourth-order valence-electron chi connectivity index (χ4n) is 1.49. The predicted octanol–water partition coefficient (Wildman–Crippen LogP) is 3.73. The molecule has 0 saturated carbocycles. The fourth-order valence-corrected chi connectivity index (χ4v) is 2.54. The first-order valence-corrected chi connectivity index (χ1v) is 8.61. The summed E-state index contributed by atoms with van der Waals surface area (Å²) in [6.45, 7) is 4.80. The first-order valence-electron chi connectivity index (χ1n) is 5.62. The summed E-state index contributed by atoms with van der Waals surface area (Å²) in [5.74, 6) is 0.570. The van der Waals surface area contributed by atoms with Crippen molar-refractivity contribution in [3.63, 3.8) is 0 Å². The summed E-state index contributed by atoms with van der Waals surface area (Å²) in [6, 6.07) is 6.06. The summed E-state index contributed by atoms with van der Waals surface area (Å²) < 4.78 is 5.60. The van der Waals surface area contributed by atoms with E-state index in [1.807, 2.05) is 6.07 Å². The van der Waals surface area contributed by atoms with E-state index in [-0.39, 0.29) is 13.2 Å². The maximum absolute atomic E-state index is 6.17. The first kappa shape index (κ1) is 14.5. The Balaban J connectivity index is 2.10. The summed E-state index contributed by atoms with van der Waals surface area (Å²) >= 11 is 11.8. The van der Waals surface area contributed by atoms with Crippen LogP contribution < -0.4 is 10.0 Å². The van der Waals surface area contributed by atoms with Gasteiger partial charge in [-0.1, -0.05) is 25.6 Å². The standard InChI is InChI=1S/C13H13Cl2N2OP/c1-19(2)11-3-4-12(14)9(5-11)8-18-10-6-16-13(15)17-7-10/h3-7H,8H2,1-2H3. The van der Waals surface area contributed by atoms with Crippen molar-refractivity contribution in [2.75, 3.05) is 13.3 Å². The van der Waals surface area contributed by atoms with Crippen LogP contribution in [0.1, 0.15) is 5.56 Å². The van der Waals surface area contributed by atoms with Crippen molar-refractivity contribution in [2.45, 2.75) is 6.61 Å². The quantitative estimate of drug-likeness (QED) is 0.637. The molecule has 0 bridgehead atoms. The molecule has 0 aliphatic heterocycles. The molecule has 0 spiro atoms. The Morgan fingerprint density at radius 2 is 1.84 bits per heavy atom. The number of ether oxygens (including phenoxy) is 1. The molecule has 100 valence electrons. The lowest BCUT2D eigenvalue weighted by atomic mass is 10.2. The van der Waals surface area contributed by atoms with E-state index in [9.17, 15) is 0 Å². The van der Waals surface area contributed by atoms with Gasteiger partial charge in [0.2, 0.25) is 5.28 Å². The van der Waals surface area contributed by atoms with Crippen molar-refractivity contribution in [1.29, 1.82) is 0 Å². The molecular weight excluding hydrogens is 302 g/mol. The maximum atomic E-state index is 6.17. The lowest BCUT2D eigenvalue weighted by Gasteiger charge is -2.11. The van der Waals surface area contributed by atoms with E-state index in [0.717, 1.165) is 5.56 Å². The third kappa shape index (κ3) is 4.04. The van der Waals surface area contributed by atoms with Crippen LogP contribution in [0.3, 0.4) is 0 Å². The van der Waals surface area contributed by atoms with E-state index < -0.39 is 0 Å². The highest BCUT2D eigenvalue weighted by molar-refractivity contribution is 7.64. The molecule has 2 rings (SSSR count). The molecule has 1 aromatic carbocycles. The number of hydrogen-bond acceptors (Lipinski definition) is 3. The Hall–Kier alpha value is -0.890. The normalized spacial score (nSPS) is 10.8. The molecule has 3 nitrogen and oxygen atoms in total. The number of halogens is 2. The van der Waals surface area contributed by atoms with Gasteiger partial charge in [0.25, 0.3) is 0 Å². The smallest absolute Gasteiger partial charge is 0.222 e. The van der Waals surface area contributed by atoms with E-state index in [4.69, 9.17) is 27.9 Å². The maximum Gasteiger partial charge on any atom is 0.222 e. The number of aromatic nitrogens is 2. The van der Waals surface area contributed by atoms with Crippen molar-refractivity contribution in [2.24, 2.45) is 0 Å². The van der Waals surface area contributed by atoms with E-state index in [1.54, 1.807) is 12.4 Å². The second-order valence-electron chi connectivity index (χ2n) is 4.15. The van der Waals surface area contributed by atoms with Crippen molar-refractivity contribution < 1.29 is 4.74 Å². The summed E-state index contributed by atoms with van der Waals surface area (Å²) in [5.41, 5.74) is 0.963. The zero-order valence-electron chi connectivity index (χ0n) is 10.6. The average molecular weight is 315 g/mol. The molecule has 1 heterocycles. The van der Waals surface area contributed by atoms with Crippen LogP contribution in [0.2, 0.25) is 10.3 Å². The Kier molecular flexibility index (Phi) is 4.98. The van der Waals surface area contributed by atoms with E-state index in [1.165, 1.54) is 5.30 Å². The topological polar surface area (TPSA) is 35.0 Å². The number of nitrogens with zero attached hydrogens (tertiary/aromatic N) is 2. The third-order valence-corrected chi connectivity index (χ3v) is 4.41. The zero-order valence-corrected chi connectivity index (χ0v) is 13.0. The number of benzene rings is 1. The monoisotopic (exact) mass is 314 g/mol. The van der Waals surface area contributed by atoms with Gasteiger partial charge >= 0.3 is 0 Å². The molecule has 2 aromatic rings. The second kappa shape index (κ2) is 6.51. The molecule has 19 heavy (non-hydrogen) atoms. The Bertz CT molecular complexity index is 561. The van der Waals surface area contributed by atoms with Gasteiger partial charge < -0.3 is 4.74 Å². The van der Waals surface area contributed by atoms with Crippen molar-refractivity contribution in [3.8, 4) is 5.75 Å². The van der Waals surface area contributed by atoms with Crippen LogP contribution in [0.25, 0.3) is 0 Å². The summed E-state index contributed by atoms with van der Waals surface area (Å²) in [5, 5.41) is 2.20. The first-order chi connectivity index (χ1) is 9.06. The van der Waals surface area contributed by atoms with Crippen LogP contribution in [-0.2, 0) is 6.61 Å². The highest BCUT2D eigenvalue weighted by Crippen LogP contribution is 2.26. The van der Waals surface area contributed by atoms with Gasteiger partial charge in [0.15, 0.2) is 5.75 Å². The molecule has 1 aromatic heterocycles. The van der Waals surface area contributed by atoms with Crippen LogP contribution in [0.5, 0.6) is 5.75 Å². The van der Waals surface area contributed by atoms with E-state index >= 15 is 0 Å². The Labute approximate surface area is 123 Å². The summed E-state index contributed by atoms with van der Waals surface area (Å²) in [4.78, 5) is 7.72. The van der Waals surface area contributed by atoms with E-state index in [2.05, 4.69) is 35.4 Å². The molecule has 0 radical (unpaired) electrons. The van der Waals surface area contributed by atoms with Crippen LogP contribution in [0.4, 0.5) is 0 Å². The van der Waals surface area contributed by atoms with Crippen molar-refractivity contribution in [1.82, 2.24) is 9.97 Å². The van der Waals surface area contributed by atoms with Gasteiger partial charge in [-0.3, -0.25) is 0 Å².